The molecule has 1 amide bonds. The number of amides is 1. The SMILES string of the molecule is O=C(O)c1cnc(N2CC(CCl)CC2=O)cn1. The number of rotatable bonds is 3. The van der Waals surface area contributed by atoms with Crippen molar-refractivity contribution in [3.63, 3.8) is 0 Å². The van der Waals surface area contributed by atoms with Crippen LogP contribution in [0.4, 0.5) is 5.82 Å². The topological polar surface area (TPSA) is 83.4 Å². The highest BCUT2D eigenvalue weighted by molar-refractivity contribution is 6.18. The molecule has 17 heavy (non-hydrogen) atoms. The number of hydrogen-bond donors (Lipinski definition) is 1. The number of aromatic nitrogens is 2. The zero-order chi connectivity index (χ0) is 12.4. The molecule has 1 aliphatic heterocycles. The molecule has 1 unspecified atom stereocenters. The molecule has 7 heteroatoms. The Morgan fingerprint density at radius 2 is 2.29 bits per heavy atom. The molecule has 0 spiro atoms. The minimum absolute atomic E-state index is 0.0620. The summed E-state index contributed by atoms with van der Waals surface area (Å²) < 4.78 is 0. The molecule has 2 heterocycles. The number of nitrogens with zero attached hydrogens (tertiary/aromatic N) is 3. The molecule has 1 N–H and O–H groups in total. The van der Waals surface area contributed by atoms with Gasteiger partial charge in [0, 0.05) is 18.8 Å². The molecular formula is C10H10ClN3O3. The minimum Gasteiger partial charge on any atom is -0.476 e. The summed E-state index contributed by atoms with van der Waals surface area (Å²) in [5.41, 5.74) is -0.144. The van der Waals surface area contributed by atoms with Gasteiger partial charge in [0.2, 0.25) is 5.91 Å². The van der Waals surface area contributed by atoms with Crippen LogP contribution in [-0.4, -0.2) is 39.4 Å². The summed E-state index contributed by atoms with van der Waals surface area (Å²) in [6.45, 7) is 0.503. The largest absolute Gasteiger partial charge is 0.476 e. The normalized spacial score (nSPS) is 19.7. The highest BCUT2D eigenvalue weighted by Gasteiger charge is 2.30. The Bertz CT molecular complexity index is 449. The second-order valence-corrected chi connectivity index (χ2v) is 4.10. The number of alkyl halides is 1. The third kappa shape index (κ3) is 2.36. The molecule has 0 aliphatic carbocycles. The van der Waals surface area contributed by atoms with Gasteiger partial charge in [-0.3, -0.25) is 9.69 Å². The van der Waals surface area contributed by atoms with E-state index in [1.807, 2.05) is 0 Å². The van der Waals surface area contributed by atoms with Gasteiger partial charge in [0.25, 0.3) is 0 Å². The quantitative estimate of drug-likeness (QED) is 0.807. The van der Waals surface area contributed by atoms with Crippen molar-refractivity contribution in [1.29, 1.82) is 0 Å². The molecule has 6 nitrogen and oxygen atoms in total. The van der Waals surface area contributed by atoms with Crippen molar-refractivity contribution in [2.45, 2.75) is 6.42 Å². The molecule has 1 aromatic rings. The molecular weight excluding hydrogens is 246 g/mol. The van der Waals surface area contributed by atoms with E-state index >= 15 is 0 Å². The second-order valence-electron chi connectivity index (χ2n) is 3.79. The smallest absolute Gasteiger partial charge is 0.356 e. The van der Waals surface area contributed by atoms with Crippen LogP contribution in [0.3, 0.4) is 0 Å². The average molecular weight is 256 g/mol. The van der Waals surface area contributed by atoms with Crippen LogP contribution in [0.25, 0.3) is 0 Å². The summed E-state index contributed by atoms with van der Waals surface area (Å²) in [7, 11) is 0. The molecule has 1 aromatic heterocycles. The van der Waals surface area contributed by atoms with Gasteiger partial charge >= 0.3 is 5.97 Å². The zero-order valence-corrected chi connectivity index (χ0v) is 9.59. The number of aromatic carboxylic acids is 1. The van der Waals surface area contributed by atoms with Crippen LogP contribution in [0, 0.1) is 5.92 Å². The first-order valence-corrected chi connectivity index (χ1v) is 5.57. The molecule has 90 valence electrons. The van der Waals surface area contributed by atoms with E-state index in [0.29, 0.717) is 24.7 Å². The van der Waals surface area contributed by atoms with Crippen LogP contribution in [0.15, 0.2) is 12.4 Å². The van der Waals surface area contributed by atoms with Gasteiger partial charge in [-0.1, -0.05) is 0 Å². The number of carboxylic acid groups (broad SMARTS) is 1. The van der Waals surface area contributed by atoms with Gasteiger partial charge in [-0.15, -0.1) is 11.6 Å². The standard InChI is InChI=1S/C10H10ClN3O3/c11-2-6-1-9(15)14(5-6)8-4-12-7(3-13-8)10(16)17/h3-4,6H,1-2,5H2,(H,16,17). The Labute approximate surface area is 102 Å². The monoisotopic (exact) mass is 255 g/mol. The van der Waals surface area contributed by atoms with Gasteiger partial charge in [0.1, 0.15) is 0 Å². The molecule has 1 fully saturated rings. The highest BCUT2D eigenvalue weighted by Crippen LogP contribution is 2.23. The number of anilines is 1. The first-order valence-electron chi connectivity index (χ1n) is 5.03. The van der Waals surface area contributed by atoms with Crippen molar-refractivity contribution >= 4 is 29.3 Å². The summed E-state index contributed by atoms with van der Waals surface area (Å²) in [4.78, 5) is 31.4. The van der Waals surface area contributed by atoms with E-state index in [9.17, 15) is 9.59 Å². The van der Waals surface area contributed by atoms with Gasteiger partial charge < -0.3 is 5.11 Å². The third-order valence-electron chi connectivity index (χ3n) is 2.56. The number of carboxylic acids is 1. The first-order chi connectivity index (χ1) is 8.11. The Morgan fingerprint density at radius 3 is 2.76 bits per heavy atom. The Kier molecular flexibility index (Phi) is 3.23. The summed E-state index contributed by atoms with van der Waals surface area (Å²) in [6.07, 6.45) is 2.82. The highest BCUT2D eigenvalue weighted by atomic mass is 35.5. The average Bonchev–Trinajstić information content (AvgIpc) is 2.71. The van der Waals surface area contributed by atoms with E-state index in [4.69, 9.17) is 16.7 Å². The summed E-state index contributed by atoms with van der Waals surface area (Å²) >= 11 is 5.70. The number of hydrogen-bond acceptors (Lipinski definition) is 4. The number of halogens is 1. The van der Waals surface area contributed by atoms with E-state index in [1.165, 1.54) is 11.1 Å². The van der Waals surface area contributed by atoms with Crippen LogP contribution >= 0.6 is 11.6 Å². The van der Waals surface area contributed by atoms with Crippen molar-refractivity contribution in [2.75, 3.05) is 17.3 Å². The van der Waals surface area contributed by atoms with E-state index in [0.717, 1.165) is 6.20 Å². The number of carbonyl (C=O) groups is 2. The van der Waals surface area contributed by atoms with Crippen molar-refractivity contribution < 1.29 is 14.7 Å². The van der Waals surface area contributed by atoms with E-state index < -0.39 is 5.97 Å². The lowest BCUT2D eigenvalue weighted by molar-refractivity contribution is -0.117. The van der Waals surface area contributed by atoms with Crippen LogP contribution in [0.2, 0.25) is 0 Å². The maximum atomic E-state index is 11.6. The predicted octanol–water partition coefficient (Wildman–Crippen LogP) is 0.766. The fraction of sp³-hybridized carbons (Fsp3) is 0.400. The molecule has 0 saturated carbocycles. The maximum Gasteiger partial charge on any atom is 0.356 e. The Morgan fingerprint density at radius 1 is 1.53 bits per heavy atom. The molecule has 2 rings (SSSR count). The zero-order valence-electron chi connectivity index (χ0n) is 8.84. The summed E-state index contributed by atoms with van der Waals surface area (Å²) in [6, 6.07) is 0. The lowest BCUT2D eigenvalue weighted by Gasteiger charge is -2.14. The minimum atomic E-state index is -1.14. The Hall–Kier alpha value is -1.69. The van der Waals surface area contributed by atoms with Crippen LogP contribution in [0.5, 0.6) is 0 Å². The van der Waals surface area contributed by atoms with Gasteiger partial charge in [-0.05, 0) is 5.92 Å². The van der Waals surface area contributed by atoms with Crippen molar-refractivity contribution in [3.05, 3.63) is 18.1 Å². The van der Waals surface area contributed by atoms with Crippen LogP contribution in [-0.2, 0) is 4.79 Å². The Balaban J connectivity index is 2.18. The molecule has 1 atom stereocenters. The second kappa shape index (κ2) is 4.67. The van der Waals surface area contributed by atoms with Gasteiger partial charge in [-0.25, -0.2) is 14.8 Å². The lowest BCUT2D eigenvalue weighted by Crippen LogP contribution is -2.26. The summed E-state index contributed by atoms with van der Waals surface area (Å²) in [5, 5.41) is 8.67. The first kappa shape index (κ1) is 11.8. The fourth-order valence-electron chi connectivity index (χ4n) is 1.68. The number of carbonyl (C=O) groups excluding carboxylic acids is 1. The van der Waals surface area contributed by atoms with Crippen LogP contribution in [0.1, 0.15) is 16.9 Å². The van der Waals surface area contributed by atoms with Crippen molar-refractivity contribution in [3.8, 4) is 0 Å². The molecule has 0 radical (unpaired) electrons. The van der Waals surface area contributed by atoms with Gasteiger partial charge in [0.05, 0.1) is 12.4 Å². The fourth-order valence-corrected chi connectivity index (χ4v) is 1.88. The molecule has 0 aromatic carbocycles. The molecule has 1 aliphatic rings. The molecule has 0 bridgehead atoms. The van der Waals surface area contributed by atoms with E-state index in [1.54, 1.807) is 0 Å². The van der Waals surface area contributed by atoms with Crippen molar-refractivity contribution in [2.24, 2.45) is 5.92 Å². The van der Waals surface area contributed by atoms with Crippen molar-refractivity contribution in [1.82, 2.24) is 9.97 Å². The predicted molar refractivity (Wildman–Crippen MR) is 60.2 cm³/mol. The maximum absolute atomic E-state index is 11.6. The van der Waals surface area contributed by atoms with Crippen LogP contribution < -0.4 is 4.90 Å². The van der Waals surface area contributed by atoms with Gasteiger partial charge in [0.15, 0.2) is 11.5 Å². The van der Waals surface area contributed by atoms with Gasteiger partial charge in [-0.2, -0.15) is 0 Å². The van der Waals surface area contributed by atoms with E-state index in [-0.39, 0.29) is 17.5 Å². The third-order valence-corrected chi connectivity index (χ3v) is 2.99. The summed E-state index contributed by atoms with van der Waals surface area (Å²) in [5.74, 6) is -0.302. The van der Waals surface area contributed by atoms with E-state index in [2.05, 4.69) is 9.97 Å². The lowest BCUT2D eigenvalue weighted by atomic mass is 10.2. The molecule has 1 saturated heterocycles.